The van der Waals surface area contributed by atoms with E-state index >= 15 is 0 Å². The monoisotopic (exact) mass is 300 g/mol. The maximum absolute atomic E-state index is 12.9. The molecule has 1 rings (SSSR count). The van der Waals surface area contributed by atoms with Gasteiger partial charge in [-0.15, -0.1) is 0 Å². The van der Waals surface area contributed by atoms with Gasteiger partial charge >= 0.3 is 94.1 Å². The topological polar surface area (TPSA) is 38.7 Å². The summed E-state index contributed by atoms with van der Waals surface area (Å²) >= 11 is 0. The van der Waals surface area contributed by atoms with Crippen molar-refractivity contribution in [2.75, 3.05) is 7.11 Å². The molecule has 104 valence electrons. The molecule has 0 heterocycles. The van der Waals surface area contributed by atoms with Crippen LogP contribution >= 0.6 is 7.91 Å². The van der Waals surface area contributed by atoms with Gasteiger partial charge in [-0.3, -0.25) is 0 Å². The van der Waals surface area contributed by atoms with Gasteiger partial charge in [-0.05, 0) is 0 Å². The van der Waals surface area contributed by atoms with E-state index in [1.165, 1.54) is 0 Å². The fourth-order valence-electron chi connectivity index (χ4n) is 0.849. The first kappa shape index (κ1) is 14.9. The van der Waals surface area contributed by atoms with Crippen molar-refractivity contribution in [3.05, 3.63) is 29.1 Å². The van der Waals surface area contributed by atoms with Crippen LogP contribution in [0.1, 0.15) is 0 Å². The normalized spacial score (nSPS) is 14.2. The van der Waals surface area contributed by atoms with E-state index in [9.17, 15) is 30.3 Å². The van der Waals surface area contributed by atoms with Crippen LogP contribution < -0.4 is 4.52 Å². The summed E-state index contributed by atoms with van der Waals surface area (Å²) in [6.07, 6.45) is 0. The average molecular weight is 300 g/mol. The Balaban J connectivity index is 3.45. The van der Waals surface area contributed by atoms with E-state index in [0.717, 1.165) is 0 Å². The minimum absolute atomic E-state index is 0.226. The number of halogens is 7. The third-order valence-corrected chi connectivity index (χ3v) is 2.77. The average Bonchev–Trinajstić information content (AvgIpc) is 2.29. The van der Waals surface area contributed by atoms with Crippen molar-refractivity contribution in [1.29, 1.82) is 0 Å². The first-order valence-corrected chi connectivity index (χ1v) is 5.77. The van der Waals surface area contributed by atoms with Gasteiger partial charge < -0.3 is 0 Å². The molecule has 0 aliphatic carbocycles. The summed E-state index contributed by atoms with van der Waals surface area (Å²) in [7, 11) is -7.22. The van der Waals surface area contributed by atoms with Crippen molar-refractivity contribution in [3.63, 3.8) is 0 Å². The molecule has 0 unspecified atom stereocenters. The van der Waals surface area contributed by atoms with Crippen molar-refractivity contribution < 1.29 is 44.3 Å². The fraction of sp³-hybridized carbons (Fsp3) is 0.143. The Kier molecular flexibility index (Phi) is 3.50. The van der Waals surface area contributed by atoms with Gasteiger partial charge in [0.25, 0.3) is 0 Å². The van der Waals surface area contributed by atoms with E-state index < -0.39 is 42.7 Å². The molecule has 0 bridgehead atoms. The zero-order valence-electron chi connectivity index (χ0n) is 8.36. The van der Waals surface area contributed by atoms with E-state index in [-0.39, 0.29) is 7.11 Å². The molecule has 0 saturated carbocycles. The molecule has 0 radical (unpaired) electrons. The number of hydrogen-bond donors (Lipinski definition) is 1. The SMILES string of the molecule is COP(O)(F)(F)Oc1c(F)c(F)c(F)c(F)c1F. The molecule has 1 N–H and O–H groups in total. The molecule has 0 aliphatic rings. The van der Waals surface area contributed by atoms with Crippen LogP contribution in [0.3, 0.4) is 0 Å². The predicted octanol–water partition coefficient (Wildman–Crippen LogP) is 3.47. The molecule has 0 atom stereocenters. The molecular weight excluding hydrogens is 296 g/mol. The third-order valence-electron chi connectivity index (χ3n) is 1.70. The van der Waals surface area contributed by atoms with Gasteiger partial charge in [0.2, 0.25) is 0 Å². The minimum atomic E-state index is -7.45. The van der Waals surface area contributed by atoms with Gasteiger partial charge in [-0.1, -0.05) is 0 Å². The van der Waals surface area contributed by atoms with E-state index in [2.05, 4.69) is 9.05 Å². The van der Waals surface area contributed by atoms with Gasteiger partial charge in [0, 0.05) is 0 Å². The first-order valence-electron chi connectivity index (χ1n) is 3.96. The Labute approximate surface area is 95.2 Å². The van der Waals surface area contributed by atoms with Crippen LogP contribution in [0.15, 0.2) is 0 Å². The zero-order chi connectivity index (χ0) is 14.3. The second-order valence-corrected chi connectivity index (χ2v) is 4.91. The van der Waals surface area contributed by atoms with Crippen LogP contribution in [-0.4, -0.2) is 12.0 Å². The van der Waals surface area contributed by atoms with Crippen LogP contribution in [0.2, 0.25) is 0 Å². The van der Waals surface area contributed by atoms with Crippen LogP contribution in [-0.2, 0) is 4.52 Å². The molecule has 0 spiro atoms. The fourth-order valence-corrected chi connectivity index (χ4v) is 1.38. The van der Waals surface area contributed by atoms with Gasteiger partial charge in [0.15, 0.2) is 0 Å². The van der Waals surface area contributed by atoms with Crippen LogP contribution in [0, 0.1) is 29.1 Å². The van der Waals surface area contributed by atoms with Crippen molar-refractivity contribution in [3.8, 4) is 5.75 Å². The zero-order valence-corrected chi connectivity index (χ0v) is 9.25. The quantitative estimate of drug-likeness (QED) is 0.402. The Morgan fingerprint density at radius 1 is 0.833 bits per heavy atom. The maximum atomic E-state index is 12.9. The van der Waals surface area contributed by atoms with Gasteiger partial charge in [-0.2, -0.15) is 0 Å². The van der Waals surface area contributed by atoms with Crippen molar-refractivity contribution in [1.82, 2.24) is 0 Å². The van der Waals surface area contributed by atoms with Crippen molar-refractivity contribution in [2.45, 2.75) is 0 Å². The van der Waals surface area contributed by atoms with E-state index in [0.29, 0.717) is 0 Å². The first-order chi connectivity index (χ1) is 7.98. The Morgan fingerprint density at radius 2 is 1.17 bits per heavy atom. The van der Waals surface area contributed by atoms with E-state index in [4.69, 9.17) is 4.89 Å². The standard InChI is InChI=1S/C7H4F7O3P/c1-16-18(13,14,15)17-7-5(11)3(9)2(8)4(10)6(7)12/h15H,1H3. The summed E-state index contributed by atoms with van der Waals surface area (Å²) < 4.78 is 95.6. The summed E-state index contributed by atoms with van der Waals surface area (Å²) in [6, 6.07) is 0. The molecule has 1 aromatic carbocycles. The Morgan fingerprint density at radius 3 is 1.50 bits per heavy atom. The Hall–Kier alpha value is -1.12. The molecule has 3 nitrogen and oxygen atoms in total. The van der Waals surface area contributed by atoms with Crippen LogP contribution in [0.5, 0.6) is 5.75 Å². The van der Waals surface area contributed by atoms with Crippen molar-refractivity contribution >= 4 is 7.91 Å². The molecular formula is C7H4F7O3P. The van der Waals surface area contributed by atoms with Crippen molar-refractivity contribution in [2.24, 2.45) is 0 Å². The van der Waals surface area contributed by atoms with Crippen LogP contribution in [0.4, 0.5) is 30.3 Å². The van der Waals surface area contributed by atoms with Gasteiger partial charge in [-0.25, -0.2) is 0 Å². The van der Waals surface area contributed by atoms with E-state index in [1.807, 2.05) is 0 Å². The molecule has 0 aromatic heterocycles. The second-order valence-electron chi connectivity index (χ2n) is 2.90. The third kappa shape index (κ3) is 2.65. The summed E-state index contributed by atoms with van der Waals surface area (Å²) in [6.45, 7) is 0. The van der Waals surface area contributed by atoms with Gasteiger partial charge in [0.05, 0.1) is 0 Å². The Bertz CT molecular complexity index is 469. The number of hydrogen-bond acceptors (Lipinski definition) is 3. The summed E-state index contributed by atoms with van der Waals surface area (Å²) in [4.78, 5) is 8.42. The second kappa shape index (κ2) is 4.22. The predicted molar refractivity (Wildman–Crippen MR) is 45.2 cm³/mol. The molecule has 18 heavy (non-hydrogen) atoms. The molecule has 0 aliphatic heterocycles. The van der Waals surface area contributed by atoms with Gasteiger partial charge in [0.1, 0.15) is 0 Å². The molecule has 11 heteroatoms. The molecule has 0 amide bonds. The number of benzene rings is 1. The van der Waals surface area contributed by atoms with Crippen LogP contribution in [0.25, 0.3) is 0 Å². The number of rotatable bonds is 3. The summed E-state index contributed by atoms with van der Waals surface area (Å²) in [5.74, 6) is -15.2. The molecule has 0 fully saturated rings. The van der Waals surface area contributed by atoms with E-state index in [1.54, 1.807) is 0 Å². The molecule has 1 aromatic rings. The summed E-state index contributed by atoms with van der Waals surface area (Å²) in [5.41, 5.74) is 0. The summed E-state index contributed by atoms with van der Waals surface area (Å²) in [5, 5.41) is 0. The molecule has 0 saturated heterocycles.